The van der Waals surface area contributed by atoms with E-state index < -0.39 is 0 Å². The van der Waals surface area contributed by atoms with E-state index in [-0.39, 0.29) is 24.1 Å². The average Bonchev–Trinajstić information content (AvgIpc) is 2.91. The van der Waals surface area contributed by atoms with E-state index in [2.05, 4.69) is 12.0 Å². The predicted octanol–water partition coefficient (Wildman–Crippen LogP) is 0.897. The number of likely N-dealkylation sites (tertiary alicyclic amines) is 1. The van der Waals surface area contributed by atoms with Gasteiger partial charge in [0.25, 0.3) is 5.56 Å². The lowest BCUT2D eigenvalue weighted by Crippen LogP contribution is -2.45. The van der Waals surface area contributed by atoms with Crippen LogP contribution in [0.2, 0.25) is 0 Å². The monoisotopic (exact) mass is 274 g/mol. The van der Waals surface area contributed by atoms with Crippen molar-refractivity contribution in [2.75, 3.05) is 6.54 Å². The minimum absolute atomic E-state index is 0.0187. The third-order valence-electron chi connectivity index (χ3n) is 3.96. The lowest BCUT2D eigenvalue weighted by atomic mass is 10.0. The van der Waals surface area contributed by atoms with Crippen LogP contribution in [0.4, 0.5) is 0 Å². The summed E-state index contributed by atoms with van der Waals surface area (Å²) in [5, 5.41) is 4.06. The third kappa shape index (κ3) is 2.21. The lowest BCUT2D eigenvalue weighted by Gasteiger charge is -2.33. The second kappa shape index (κ2) is 5.11. The van der Waals surface area contributed by atoms with Crippen LogP contribution in [-0.2, 0) is 11.3 Å². The van der Waals surface area contributed by atoms with E-state index in [1.807, 2.05) is 4.90 Å². The Hall–Kier alpha value is -2.11. The number of aromatic nitrogens is 3. The molecule has 1 saturated heterocycles. The van der Waals surface area contributed by atoms with Gasteiger partial charge in [-0.1, -0.05) is 0 Å². The predicted molar refractivity (Wildman–Crippen MR) is 74.5 cm³/mol. The average molecular weight is 274 g/mol. The number of amides is 1. The molecule has 1 fully saturated rings. The largest absolute Gasteiger partial charge is 0.338 e. The normalized spacial score (nSPS) is 19.4. The summed E-state index contributed by atoms with van der Waals surface area (Å²) in [4.78, 5) is 26.4. The molecule has 1 amide bonds. The molecule has 3 heterocycles. The van der Waals surface area contributed by atoms with E-state index in [1.54, 1.807) is 29.1 Å². The zero-order chi connectivity index (χ0) is 14.1. The molecule has 6 nitrogen and oxygen atoms in total. The first-order valence-electron chi connectivity index (χ1n) is 6.99. The number of carbonyl (C=O) groups is 1. The number of hydrogen-bond donors (Lipinski definition) is 0. The van der Waals surface area contributed by atoms with Gasteiger partial charge in [-0.25, -0.2) is 4.68 Å². The molecule has 1 aliphatic heterocycles. The van der Waals surface area contributed by atoms with Crippen LogP contribution in [0.3, 0.4) is 0 Å². The van der Waals surface area contributed by atoms with E-state index in [4.69, 9.17) is 0 Å². The minimum atomic E-state index is -0.226. The maximum atomic E-state index is 12.3. The zero-order valence-corrected chi connectivity index (χ0v) is 11.5. The standard InChI is InChI=1S/C14H18N4O2/c1-11-5-2-3-8-17(11)13(19)9-18-14(20)12-6-4-7-16(12)10-15-18/h4,6-7,10-11H,2-3,5,8-9H2,1H3. The number of fused-ring (bicyclic) bond motifs is 1. The van der Waals surface area contributed by atoms with Gasteiger partial charge in [0, 0.05) is 18.8 Å². The number of hydrogen-bond acceptors (Lipinski definition) is 3. The molecule has 106 valence electrons. The first kappa shape index (κ1) is 12.9. The Bertz CT molecular complexity index is 688. The number of rotatable bonds is 2. The van der Waals surface area contributed by atoms with Gasteiger partial charge in [-0.2, -0.15) is 5.10 Å². The first-order valence-corrected chi connectivity index (χ1v) is 6.99. The third-order valence-corrected chi connectivity index (χ3v) is 3.96. The Morgan fingerprint density at radius 2 is 2.30 bits per heavy atom. The molecular weight excluding hydrogens is 256 g/mol. The first-order chi connectivity index (χ1) is 9.66. The van der Waals surface area contributed by atoms with Crippen molar-refractivity contribution in [2.45, 2.75) is 38.8 Å². The van der Waals surface area contributed by atoms with E-state index in [9.17, 15) is 9.59 Å². The molecule has 2 aromatic heterocycles. The Balaban J connectivity index is 1.83. The second-order valence-electron chi connectivity index (χ2n) is 5.33. The molecular formula is C14H18N4O2. The summed E-state index contributed by atoms with van der Waals surface area (Å²) in [5.74, 6) is -0.0253. The van der Waals surface area contributed by atoms with Crippen molar-refractivity contribution in [3.05, 3.63) is 35.0 Å². The minimum Gasteiger partial charge on any atom is -0.338 e. The van der Waals surface area contributed by atoms with Crippen LogP contribution >= 0.6 is 0 Å². The Morgan fingerprint density at radius 3 is 3.10 bits per heavy atom. The van der Waals surface area contributed by atoms with Crippen LogP contribution in [0.25, 0.3) is 5.52 Å². The van der Waals surface area contributed by atoms with Gasteiger partial charge in [-0.3, -0.25) is 9.59 Å². The van der Waals surface area contributed by atoms with Crippen LogP contribution in [0, 0.1) is 0 Å². The van der Waals surface area contributed by atoms with Gasteiger partial charge in [0.2, 0.25) is 5.91 Å². The summed E-state index contributed by atoms with van der Waals surface area (Å²) in [6, 6.07) is 3.77. The fraction of sp³-hybridized carbons (Fsp3) is 0.500. The molecule has 20 heavy (non-hydrogen) atoms. The molecule has 0 aromatic carbocycles. The van der Waals surface area contributed by atoms with Crippen LogP contribution in [0.15, 0.2) is 29.5 Å². The molecule has 0 radical (unpaired) electrons. The second-order valence-corrected chi connectivity index (χ2v) is 5.33. The molecule has 2 aromatic rings. The van der Waals surface area contributed by atoms with Crippen molar-refractivity contribution in [1.29, 1.82) is 0 Å². The van der Waals surface area contributed by atoms with Crippen LogP contribution < -0.4 is 5.56 Å². The lowest BCUT2D eigenvalue weighted by molar-refractivity contribution is -0.135. The summed E-state index contributed by atoms with van der Waals surface area (Å²) in [6.45, 7) is 2.86. The van der Waals surface area contributed by atoms with Gasteiger partial charge in [0.1, 0.15) is 18.4 Å². The fourth-order valence-corrected chi connectivity index (χ4v) is 2.78. The van der Waals surface area contributed by atoms with Gasteiger partial charge >= 0.3 is 0 Å². The molecule has 1 aliphatic rings. The topological polar surface area (TPSA) is 59.6 Å². The molecule has 0 spiro atoms. The Kier molecular flexibility index (Phi) is 3.30. The van der Waals surface area contributed by atoms with Gasteiger partial charge < -0.3 is 9.30 Å². The molecule has 0 bridgehead atoms. The van der Waals surface area contributed by atoms with Crippen molar-refractivity contribution in [2.24, 2.45) is 0 Å². The fourth-order valence-electron chi connectivity index (χ4n) is 2.78. The van der Waals surface area contributed by atoms with Crippen LogP contribution in [0.5, 0.6) is 0 Å². The Labute approximate surface area is 116 Å². The summed E-state index contributed by atoms with van der Waals surface area (Å²) in [6.07, 6.45) is 6.56. The van der Waals surface area contributed by atoms with Gasteiger partial charge in [0.05, 0.1) is 0 Å². The number of nitrogens with zero attached hydrogens (tertiary/aromatic N) is 4. The highest BCUT2D eigenvalue weighted by Gasteiger charge is 2.23. The smallest absolute Gasteiger partial charge is 0.291 e. The molecule has 3 rings (SSSR count). The molecule has 6 heteroatoms. The van der Waals surface area contributed by atoms with E-state index in [1.165, 1.54) is 11.1 Å². The molecule has 1 atom stereocenters. The highest BCUT2D eigenvalue weighted by atomic mass is 16.2. The van der Waals surface area contributed by atoms with Crippen molar-refractivity contribution >= 4 is 11.4 Å². The van der Waals surface area contributed by atoms with Gasteiger partial charge in [-0.05, 0) is 38.3 Å². The van der Waals surface area contributed by atoms with Crippen molar-refractivity contribution in [1.82, 2.24) is 19.1 Å². The summed E-state index contributed by atoms with van der Waals surface area (Å²) >= 11 is 0. The van der Waals surface area contributed by atoms with E-state index in [0.717, 1.165) is 19.4 Å². The van der Waals surface area contributed by atoms with Crippen LogP contribution in [-0.4, -0.2) is 37.6 Å². The number of piperidine rings is 1. The molecule has 0 N–H and O–H groups in total. The summed E-state index contributed by atoms with van der Waals surface area (Å²) < 4.78 is 2.91. The van der Waals surface area contributed by atoms with Crippen molar-refractivity contribution < 1.29 is 4.79 Å². The maximum absolute atomic E-state index is 12.3. The molecule has 1 unspecified atom stereocenters. The van der Waals surface area contributed by atoms with Crippen LogP contribution in [0.1, 0.15) is 26.2 Å². The summed E-state index contributed by atoms with van der Waals surface area (Å²) in [5.41, 5.74) is 0.315. The quantitative estimate of drug-likeness (QED) is 0.817. The van der Waals surface area contributed by atoms with Crippen molar-refractivity contribution in [3.63, 3.8) is 0 Å². The highest BCUT2D eigenvalue weighted by Crippen LogP contribution is 2.16. The summed E-state index contributed by atoms with van der Waals surface area (Å²) in [7, 11) is 0. The van der Waals surface area contributed by atoms with Crippen molar-refractivity contribution in [3.8, 4) is 0 Å². The van der Waals surface area contributed by atoms with E-state index in [0.29, 0.717) is 5.52 Å². The van der Waals surface area contributed by atoms with Gasteiger partial charge in [-0.15, -0.1) is 0 Å². The molecule has 0 saturated carbocycles. The molecule has 0 aliphatic carbocycles. The zero-order valence-electron chi connectivity index (χ0n) is 11.5. The highest BCUT2D eigenvalue weighted by molar-refractivity contribution is 5.76. The Morgan fingerprint density at radius 1 is 1.45 bits per heavy atom. The number of carbonyl (C=O) groups excluding carboxylic acids is 1. The van der Waals surface area contributed by atoms with E-state index >= 15 is 0 Å². The maximum Gasteiger partial charge on any atom is 0.291 e. The van der Waals surface area contributed by atoms with Gasteiger partial charge in [0.15, 0.2) is 0 Å². The SMILES string of the molecule is CC1CCCCN1C(=O)Cn1ncn2cccc2c1=O.